The summed E-state index contributed by atoms with van der Waals surface area (Å²) in [5, 5.41) is 0. The molecule has 1 atom stereocenters. The highest BCUT2D eigenvalue weighted by Gasteiger charge is 2.33. The summed E-state index contributed by atoms with van der Waals surface area (Å²) in [7, 11) is 0. The van der Waals surface area contributed by atoms with Gasteiger partial charge in [0, 0.05) is 22.6 Å². The van der Waals surface area contributed by atoms with E-state index in [-0.39, 0.29) is 11.9 Å². The Morgan fingerprint density at radius 2 is 1.94 bits per heavy atom. The molecule has 0 bridgehead atoms. The molecule has 0 saturated heterocycles. The Labute approximate surface area is 111 Å². The van der Waals surface area contributed by atoms with Crippen LogP contribution in [0.2, 0.25) is 0 Å². The highest BCUT2D eigenvalue weighted by Crippen LogP contribution is 2.31. The number of rotatable bonds is 2. The predicted molar refractivity (Wildman–Crippen MR) is 73.1 cm³/mol. The number of hydrogen-bond donors (Lipinski definition) is 0. The standard InChI is InChI=1S/C14H18BrNO/c1-8(2)10(4)16-7-11-6-12(15)5-9(3)13(11)14(16)17/h5-6,8,10H,7H2,1-4H3. The van der Waals surface area contributed by atoms with Crippen LogP contribution >= 0.6 is 15.9 Å². The minimum absolute atomic E-state index is 0.186. The van der Waals surface area contributed by atoms with Gasteiger partial charge in [-0.05, 0) is 43.0 Å². The molecule has 0 aliphatic carbocycles. The smallest absolute Gasteiger partial charge is 0.255 e. The molecule has 17 heavy (non-hydrogen) atoms. The summed E-state index contributed by atoms with van der Waals surface area (Å²) >= 11 is 3.49. The summed E-state index contributed by atoms with van der Waals surface area (Å²) in [6.45, 7) is 9.19. The van der Waals surface area contributed by atoms with Gasteiger partial charge >= 0.3 is 0 Å². The molecule has 1 aromatic carbocycles. The van der Waals surface area contributed by atoms with Crippen molar-refractivity contribution in [1.82, 2.24) is 4.90 Å². The molecule has 0 N–H and O–H groups in total. The predicted octanol–water partition coefficient (Wildman–Crippen LogP) is 3.76. The van der Waals surface area contributed by atoms with E-state index < -0.39 is 0 Å². The molecule has 2 nitrogen and oxygen atoms in total. The van der Waals surface area contributed by atoms with Crippen molar-refractivity contribution in [2.45, 2.75) is 40.3 Å². The molecule has 0 aromatic heterocycles. The quantitative estimate of drug-likeness (QED) is 0.813. The van der Waals surface area contributed by atoms with Gasteiger partial charge in [-0.3, -0.25) is 4.79 Å². The number of hydrogen-bond acceptors (Lipinski definition) is 1. The molecular weight excluding hydrogens is 278 g/mol. The van der Waals surface area contributed by atoms with E-state index >= 15 is 0 Å². The Bertz CT molecular complexity index is 468. The van der Waals surface area contributed by atoms with Gasteiger partial charge in [0.25, 0.3) is 5.91 Å². The number of nitrogens with zero attached hydrogens (tertiary/aromatic N) is 1. The van der Waals surface area contributed by atoms with Crippen molar-refractivity contribution in [3.8, 4) is 0 Å². The first kappa shape index (κ1) is 12.6. The number of benzene rings is 1. The number of fused-ring (bicyclic) bond motifs is 1. The van der Waals surface area contributed by atoms with Gasteiger partial charge in [0.05, 0.1) is 0 Å². The maximum Gasteiger partial charge on any atom is 0.255 e. The van der Waals surface area contributed by atoms with Crippen LogP contribution in [0.25, 0.3) is 0 Å². The highest BCUT2D eigenvalue weighted by molar-refractivity contribution is 9.10. The van der Waals surface area contributed by atoms with Crippen molar-refractivity contribution in [2.75, 3.05) is 0 Å². The highest BCUT2D eigenvalue weighted by atomic mass is 79.9. The molecule has 0 spiro atoms. The number of aryl methyl sites for hydroxylation is 1. The van der Waals surface area contributed by atoms with E-state index in [1.807, 2.05) is 17.9 Å². The first-order valence-corrected chi connectivity index (χ1v) is 6.81. The van der Waals surface area contributed by atoms with Crippen molar-refractivity contribution in [2.24, 2.45) is 5.92 Å². The summed E-state index contributed by atoms with van der Waals surface area (Å²) in [6.07, 6.45) is 0. The van der Waals surface area contributed by atoms with Gasteiger partial charge in [0.15, 0.2) is 0 Å². The number of amides is 1. The average Bonchev–Trinajstić information content (AvgIpc) is 2.54. The first-order valence-electron chi connectivity index (χ1n) is 6.01. The van der Waals surface area contributed by atoms with Crippen molar-refractivity contribution in [1.29, 1.82) is 0 Å². The van der Waals surface area contributed by atoms with E-state index in [2.05, 4.69) is 42.8 Å². The third-order valence-corrected chi connectivity index (χ3v) is 4.11. The Balaban J connectivity index is 2.39. The van der Waals surface area contributed by atoms with Crippen LogP contribution < -0.4 is 0 Å². The summed E-state index contributed by atoms with van der Waals surface area (Å²) in [6, 6.07) is 4.36. The fourth-order valence-electron chi connectivity index (χ4n) is 2.33. The molecular formula is C14H18BrNO. The zero-order chi connectivity index (χ0) is 12.7. The summed E-state index contributed by atoms with van der Waals surface area (Å²) in [4.78, 5) is 14.4. The molecule has 0 radical (unpaired) electrons. The molecule has 1 aliphatic rings. The molecule has 1 amide bonds. The van der Waals surface area contributed by atoms with Gasteiger partial charge in [-0.25, -0.2) is 0 Å². The summed E-state index contributed by atoms with van der Waals surface area (Å²) in [5.74, 6) is 0.670. The van der Waals surface area contributed by atoms with Crippen molar-refractivity contribution >= 4 is 21.8 Å². The molecule has 1 heterocycles. The minimum Gasteiger partial charge on any atom is -0.331 e. The van der Waals surface area contributed by atoms with Crippen molar-refractivity contribution in [3.63, 3.8) is 0 Å². The van der Waals surface area contributed by atoms with E-state index in [9.17, 15) is 4.79 Å². The van der Waals surface area contributed by atoms with Crippen LogP contribution in [0.3, 0.4) is 0 Å². The molecule has 0 fully saturated rings. The average molecular weight is 296 g/mol. The van der Waals surface area contributed by atoms with Gasteiger partial charge in [-0.2, -0.15) is 0 Å². The fourth-order valence-corrected chi connectivity index (χ4v) is 2.95. The monoisotopic (exact) mass is 295 g/mol. The normalized spacial score (nSPS) is 16.6. The second-order valence-electron chi connectivity index (χ2n) is 5.17. The minimum atomic E-state index is 0.186. The van der Waals surface area contributed by atoms with Gasteiger partial charge in [0.2, 0.25) is 0 Å². The van der Waals surface area contributed by atoms with Gasteiger partial charge in [-0.15, -0.1) is 0 Å². The lowest BCUT2D eigenvalue weighted by Gasteiger charge is -2.27. The Kier molecular flexibility index (Phi) is 3.30. The van der Waals surface area contributed by atoms with Crippen LogP contribution in [-0.2, 0) is 6.54 Å². The van der Waals surface area contributed by atoms with Crippen LogP contribution in [0.4, 0.5) is 0 Å². The van der Waals surface area contributed by atoms with Gasteiger partial charge in [-0.1, -0.05) is 29.8 Å². The second-order valence-corrected chi connectivity index (χ2v) is 6.09. The van der Waals surface area contributed by atoms with Crippen LogP contribution in [0, 0.1) is 12.8 Å². The van der Waals surface area contributed by atoms with Crippen molar-refractivity contribution < 1.29 is 4.79 Å². The number of halogens is 1. The topological polar surface area (TPSA) is 20.3 Å². The zero-order valence-electron chi connectivity index (χ0n) is 10.7. The van der Waals surface area contributed by atoms with E-state index in [1.54, 1.807) is 0 Å². The lowest BCUT2D eigenvalue weighted by molar-refractivity contribution is 0.0672. The van der Waals surface area contributed by atoms with Crippen LogP contribution in [0.1, 0.15) is 42.3 Å². The Morgan fingerprint density at radius 3 is 2.53 bits per heavy atom. The third-order valence-electron chi connectivity index (χ3n) is 3.65. The van der Waals surface area contributed by atoms with E-state index in [0.29, 0.717) is 5.92 Å². The first-order chi connectivity index (χ1) is 7.91. The lowest BCUT2D eigenvalue weighted by Crippen LogP contribution is -2.36. The zero-order valence-corrected chi connectivity index (χ0v) is 12.3. The molecule has 92 valence electrons. The van der Waals surface area contributed by atoms with Crippen LogP contribution in [-0.4, -0.2) is 16.8 Å². The summed E-state index contributed by atoms with van der Waals surface area (Å²) in [5.41, 5.74) is 3.12. The fraction of sp³-hybridized carbons (Fsp3) is 0.500. The molecule has 1 unspecified atom stereocenters. The molecule has 2 rings (SSSR count). The molecule has 1 aromatic rings. The van der Waals surface area contributed by atoms with E-state index in [1.165, 1.54) is 0 Å². The number of carbonyl (C=O) groups is 1. The molecule has 0 saturated carbocycles. The van der Waals surface area contributed by atoms with E-state index in [0.717, 1.165) is 27.7 Å². The van der Waals surface area contributed by atoms with Gasteiger partial charge < -0.3 is 4.90 Å². The SMILES string of the molecule is Cc1cc(Br)cc2c1C(=O)N(C(C)C(C)C)C2. The Morgan fingerprint density at radius 1 is 1.29 bits per heavy atom. The molecule has 1 aliphatic heterocycles. The lowest BCUT2D eigenvalue weighted by atomic mass is 10.0. The van der Waals surface area contributed by atoms with Crippen molar-refractivity contribution in [3.05, 3.63) is 33.3 Å². The summed E-state index contributed by atoms with van der Waals surface area (Å²) < 4.78 is 1.06. The maximum absolute atomic E-state index is 12.4. The van der Waals surface area contributed by atoms with E-state index in [4.69, 9.17) is 0 Å². The van der Waals surface area contributed by atoms with Crippen LogP contribution in [0.5, 0.6) is 0 Å². The number of carbonyl (C=O) groups excluding carboxylic acids is 1. The third kappa shape index (κ3) is 2.13. The second kappa shape index (κ2) is 4.45. The molecule has 3 heteroatoms. The largest absolute Gasteiger partial charge is 0.331 e. The Hall–Kier alpha value is -0.830. The van der Waals surface area contributed by atoms with Gasteiger partial charge in [0.1, 0.15) is 0 Å². The maximum atomic E-state index is 12.4. The van der Waals surface area contributed by atoms with Crippen LogP contribution in [0.15, 0.2) is 16.6 Å².